The number of nitrogens with two attached hydrogens (primary N) is 1. The molecule has 7 nitrogen and oxygen atoms in total. The maximum absolute atomic E-state index is 13.4. The molecule has 2 amide bonds. The molecule has 0 radical (unpaired) electrons. The summed E-state index contributed by atoms with van der Waals surface area (Å²) in [6.07, 6.45) is 0. The maximum atomic E-state index is 13.4. The average Bonchev–Trinajstić information content (AvgIpc) is 2.65. The van der Waals surface area contributed by atoms with Gasteiger partial charge in [-0.2, -0.15) is 0 Å². The number of carbonyl (C=O) groups excluding carboxylic acids is 3. The van der Waals surface area contributed by atoms with Crippen molar-refractivity contribution in [2.75, 3.05) is 24.2 Å². The fraction of sp³-hybridized carbons (Fsp3) is 0.118. The van der Waals surface area contributed by atoms with E-state index >= 15 is 0 Å². The van der Waals surface area contributed by atoms with E-state index in [1.54, 1.807) is 0 Å². The quantitative estimate of drug-likeness (QED) is 0.400. The number of esters is 1. The van der Waals surface area contributed by atoms with Crippen LogP contribution in [0.1, 0.15) is 10.4 Å². The largest absolute Gasteiger partial charge is 0.452 e. The van der Waals surface area contributed by atoms with Gasteiger partial charge in [0.25, 0.3) is 5.91 Å². The van der Waals surface area contributed by atoms with E-state index < -0.39 is 54.1 Å². The highest BCUT2D eigenvalue weighted by molar-refractivity contribution is 5.95. The van der Waals surface area contributed by atoms with Gasteiger partial charge in [0.05, 0.1) is 17.8 Å². The number of carbonyl (C=O) groups is 3. The van der Waals surface area contributed by atoms with Crippen molar-refractivity contribution in [1.29, 1.82) is 0 Å². The summed E-state index contributed by atoms with van der Waals surface area (Å²) in [5.74, 6) is -7.14. The third kappa shape index (κ3) is 5.46. The molecule has 0 heterocycles. The van der Waals surface area contributed by atoms with Crippen LogP contribution in [-0.2, 0) is 14.3 Å². The minimum absolute atomic E-state index is 0.184. The molecule has 0 spiro atoms. The minimum atomic E-state index is -1.73. The first kappa shape index (κ1) is 19.8. The van der Waals surface area contributed by atoms with Crippen molar-refractivity contribution in [1.82, 2.24) is 5.32 Å². The molecule has 0 aromatic heterocycles. The predicted octanol–water partition coefficient (Wildman–Crippen LogP) is 1.60. The normalized spacial score (nSPS) is 10.2. The van der Waals surface area contributed by atoms with Gasteiger partial charge in [-0.25, -0.2) is 18.0 Å². The number of nitrogens with one attached hydrogen (secondary N) is 2. The van der Waals surface area contributed by atoms with Crippen LogP contribution >= 0.6 is 0 Å². The molecule has 2 rings (SSSR count). The first-order valence-corrected chi connectivity index (χ1v) is 7.50. The second-order valence-corrected chi connectivity index (χ2v) is 5.25. The highest BCUT2D eigenvalue weighted by Gasteiger charge is 2.16. The SMILES string of the molecule is Nc1ccc(C(=O)OCC(=O)NCC(=O)Nc2ccc(F)c(F)c2F)cc1. The Labute approximate surface area is 151 Å². The average molecular weight is 381 g/mol. The van der Waals surface area contributed by atoms with Gasteiger partial charge >= 0.3 is 5.97 Å². The van der Waals surface area contributed by atoms with Gasteiger partial charge < -0.3 is 21.1 Å². The van der Waals surface area contributed by atoms with E-state index in [0.29, 0.717) is 11.8 Å². The van der Waals surface area contributed by atoms with Gasteiger partial charge in [0, 0.05) is 5.69 Å². The fourth-order valence-electron chi connectivity index (χ4n) is 1.88. The van der Waals surface area contributed by atoms with Crippen molar-refractivity contribution in [2.45, 2.75) is 0 Å². The van der Waals surface area contributed by atoms with Crippen molar-refractivity contribution in [3.05, 3.63) is 59.4 Å². The highest BCUT2D eigenvalue weighted by atomic mass is 19.2. The Balaban J connectivity index is 1.78. The Kier molecular flexibility index (Phi) is 6.36. The van der Waals surface area contributed by atoms with Gasteiger partial charge in [-0.05, 0) is 36.4 Å². The summed E-state index contributed by atoms with van der Waals surface area (Å²) in [6, 6.07) is 7.28. The second-order valence-electron chi connectivity index (χ2n) is 5.25. The number of rotatable bonds is 6. The maximum Gasteiger partial charge on any atom is 0.338 e. The van der Waals surface area contributed by atoms with Gasteiger partial charge in [-0.3, -0.25) is 9.59 Å². The lowest BCUT2D eigenvalue weighted by Crippen LogP contribution is -2.35. The van der Waals surface area contributed by atoms with E-state index in [1.807, 2.05) is 5.32 Å². The fourth-order valence-corrected chi connectivity index (χ4v) is 1.88. The van der Waals surface area contributed by atoms with Crippen molar-refractivity contribution in [3.63, 3.8) is 0 Å². The number of halogens is 3. The van der Waals surface area contributed by atoms with E-state index in [4.69, 9.17) is 10.5 Å². The molecule has 4 N–H and O–H groups in total. The Bertz CT molecular complexity index is 872. The summed E-state index contributed by atoms with van der Waals surface area (Å²) >= 11 is 0. The Morgan fingerprint density at radius 3 is 2.26 bits per heavy atom. The molecule has 27 heavy (non-hydrogen) atoms. The van der Waals surface area contributed by atoms with Crippen LogP contribution in [0.3, 0.4) is 0 Å². The third-order valence-electron chi connectivity index (χ3n) is 3.24. The number of ether oxygens (including phenoxy) is 1. The van der Waals surface area contributed by atoms with Gasteiger partial charge in [0.1, 0.15) is 0 Å². The van der Waals surface area contributed by atoms with Crippen LogP contribution in [0.5, 0.6) is 0 Å². The summed E-state index contributed by atoms with van der Waals surface area (Å²) < 4.78 is 44.1. The molecule has 10 heteroatoms. The van der Waals surface area contributed by atoms with E-state index in [1.165, 1.54) is 24.3 Å². The van der Waals surface area contributed by atoms with Gasteiger partial charge in [-0.1, -0.05) is 0 Å². The van der Waals surface area contributed by atoms with Crippen LogP contribution in [0.2, 0.25) is 0 Å². The molecule has 2 aromatic carbocycles. The zero-order valence-electron chi connectivity index (χ0n) is 13.7. The van der Waals surface area contributed by atoms with E-state index in [9.17, 15) is 27.6 Å². The van der Waals surface area contributed by atoms with E-state index in [2.05, 4.69) is 5.32 Å². The lowest BCUT2D eigenvalue weighted by Gasteiger charge is -2.09. The topological polar surface area (TPSA) is 111 Å². The second kappa shape index (κ2) is 8.70. The van der Waals surface area contributed by atoms with Crippen LogP contribution in [0, 0.1) is 17.5 Å². The molecular formula is C17H14F3N3O4. The van der Waals surface area contributed by atoms with Gasteiger partial charge in [0.15, 0.2) is 24.1 Å². The van der Waals surface area contributed by atoms with Crippen molar-refractivity contribution >= 4 is 29.2 Å². The van der Waals surface area contributed by atoms with Crippen LogP contribution in [0.4, 0.5) is 24.5 Å². The smallest absolute Gasteiger partial charge is 0.338 e. The summed E-state index contributed by atoms with van der Waals surface area (Å²) in [5.41, 5.74) is 5.53. The molecular weight excluding hydrogens is 367 g/mol. The number of benzene rings is 2. The standard InChI is InChI=1S/C17H14F3N3O4/c18-11-5-6-12(16(20)15(11)19)23-13(24)7-22-14(25)8-27-17(26)9-1-3-10(21)4-2-9/h1-6H,7-8,21H2,(H,22,25)(H,23,24). The number of anilines is 2. The van der Waals surface area contributed by atoms with Crippen LogP contribution in [0.15, 0.2) is 36.4 Å². The van der Waals surface area contributed by atoms with Crippen molar-refractivity contribution < 1.29 is 32.3 Å². The van der Waals surface area contributed by atoms with Crippen molar-refractivity contribution in [3.8, 4) is 0 Å². The molecule has 0 fully saturated rings. The summed E-state index contributed by atoms with van der Waals surface area (Å²) in [5, 5.41) is 4.10. The summed E-state index contributed by atoms with van der Waals surface area (Å²) in [7, 11) is 0. The van der Waals surface area contributed by atoms with Crippen LogP contribution < -0.4 is 16.4 Å². The number of nitrogen functional groups attached to an aromatic ring is 1. The minimum Gasteiger partial charge on any atom is -0.452 e. The number of hydrogen-bond acceptors (Lipinski definition) is 5. The molecule has 0 aliphatic heterocycles. The first-order valence-electron chi connectivity index (χ1n) is 7.50. The summed E-state index contributed by atoms with van der Waals surface area (Å²) in [4.78, 5) is 34.9. The highest BCUT2D eigenvalue weighted by Crippen LogP contribution is 2.19. The zero-order valence-corrected chi connectivity index (χ0v) is 13.7. The molecule has 0 bridgehead atoms. The first-order chi connectivity index (χ1) is 12.8. The third-order valence-corrected chi connectivity index (χ3v) is 3.24. The predicted molar refractivity (Wildman–Crippen MR) is 89.1 cm³/mol. The number of hydrogen-bond donors (Lipinski definition) is 3. The van der Waals surface area contributed by atoms with Crippen molar-refractivity contribution in [2.24, 2.45) is 0 Å². The Morgan fingerprint density at radius 2 is 1.59 bits per heavy atom. The molecule has 0 atom stereocenters. The van der Waals surface area contributed by atoms with Crippen LogP contribution in [-0.4, -0.2) is 30.9 Å². The molecule has 142 valence electrons. The van der Waals surface area contributed by atoms with Crippen LogP contribution in [0.25, 0.3) is 0 Å². The zero-order chi connectivity index (χ0) is 20.0. The Morgan fingerprint density at radius 1 is 0.926 bits per heavy atom. The Hall–Kier alpha value is -3.56. The van der Waals surface area contributed by atoms with E-state index in [0.717, 1.165) is 6.07 Å². The van der Waals surface area contributed by atoms with Gasteiger partial charge in [0.2, 0.25) is 5.91 Å². The lowest BCUT2D eigenvalue weighted by atomic mass is 10.2. The molecule has 0 aliphatic rings. The molecule has 0 unspecified atom stereocenters. The van der Waals surface area contributed by atoms with Gasteiger partial charge in [-0.15, -0.1) is 0 Å². The molecule has 0 aliphatic carbocycles. The number of amides is 2. The lowest BCUT2D eigenvalue weighted by molar-refractivity contribution is -0.126. The monoisotopic (exact) mass is 381 g/mol. The summed E-state index contributed by atoms with van der Waals surface area (Å²) in [6.45, 7) is -1.26. The van der Waals surface area contributed by atoms with E-state index in [-0.39, 0.29) is 5.56 Å². The molecule has 2 aromatic rings. The molecule has 0 saturated carbocycles. The molecule has 0 saturated heterocycles.